The van der Waals surface area contributed by atoms with E-state index in [-0.39, 0.29) is 0 Å². The van der Waals surface area contributed by atoms with Crippen LogP contribution in [0.2, 0.25) is 0 Å². The number of nitrogens with zero attached hydrogens (tertiary/aromatic N) is 2. The predicted molar refractivity (Wildman–Crippen MR) is 65.6 cm³/mol. The van der Waals surface area contributed by atoms with E-state index in [0.717, 1.165) is 38.3 Å². The van der Waals surface area contributed by atoms with E-state index >= 15 is 0 Å². The molecular weight excluding hydrogens is 200 g/mol. The molecule has 0 aromatic heterocycles. The fourth-order valence-electron chi connectivity index (χ4n) is 2.09. The highest BCUT2D eigenvalue weighted by Crippen LogP contribution is 2.20. The van der Waals surface area contributed by atoms with Gasteiger partial charge in [0, 0.05) is 38.3 Å². The van der Waals surface area contributed by atoms with Gasteiger partial charge in [-0.25, -0.2) is 0 Å². The summed E-state index contributed by atoms with van der Waals surface area (Å²) >= 11 is 0. The smallest absolute Gasteiger partial charge is 0.120 e. The van der Waals surface area contributed by atoms with Gasteiger partial charge < -0.3 is 10.0 Å². The minimum absolute atomic E-state index is 0.421. The monoisotopic (exact) mass is 220 g/mol. The van der Waals surface area contributed by atoms with Gasteiger partial charge in [0.25, 0.3) is 0 Å². The Labute approximate surface area is 97.3 Å². The summed E-state index contributed by atoms with van der Waals surface area (Å²) in [6, 6.07) is 5.82. The van der Waals surface area contributed by atoms with E-state index in [4.69, 9.17) is 0 Å². The molecule has 0 unspecified atom stereocenters. The molecule has 1 saturated heterocycles. The predicted octanol–water partition coefficient (Wildman–Crippen LogP) is 1.45. The average molecular weight is 220 g/mol. The molecule has 88 valence electrons. The van der Waals surface area contributed by atoms with E-state index in [9.17, 15) is 5.11 Å². The van der Waals surface area contributed by atoms with Crippen molar-refractivity contribution in [1.82, 2.24) is 9.80 Å². The standard InChI is InChI=1S/C13H20N2O/c1-11-3-4-13(16)12(9-11)10-15-7-5-14(2)6-8-15/h3-4,9,16H,5-8,10H2,1-2H3. The summed E-state index contributed by atoms with van der Waals surface area (Å²) in [6.07, 6.45) is 0. The maximum Gasteiger partial charge on any atom is 0.120 e. The average Bonchev–Trinajstić information content (AvgIpc) is 2.27. The molecule has 1 aromatic carbocycles. The number of hydrogen-bond donors (Lipinski definition) is 1. The number of hydrogen-bond acceptors (Lipinski definition) is 3. The van der Waals surface area contributed by atoms with E-state index in [2.05, 4.69) is 29.8 Å². The van der Waals surface area contributed by atoms with Gasteiger partial charge in [0.2, 0.25) is 0 Å². The van der Waals surface area contributed by atoms with Crippen molar-refractivity contribution in [1.29, 1.82) is 0 Å². The lowest BCUT2D eigenvalue weighted by Crippen LogP contribution is -2.43. The lowest BCUT2D eigenvalue weighted by molar-refractivity contribution is 0.147. The molecule has 0 atom stereocenters. The van der Waals surface area contributed by atoms with Gasteiger partial charge in [0.05, 0.1) is 0 Å². The Morgan fingerprint density at radius 2 is 1.88 bits per heavy atom. The topological polar surface area (TPSA) is 26.7 Å². The normalized spacial score (nSPS) is 18.9. The zero-order chi connectivity index (χ0) is 11.5. The Morgan fingerprint density at radius 1 is 1.19 bits per heavy atom. The van der Waals surface area contributed by atoms with Crippen LogP contribution in [0.5, 0.6) is 5.75 Å². The summed E-state index contributed by atoms with van der Waals surface area (Å²) in [5, 5.41) is 9.78. The molecule has 3 heteroatoms. The molecule has 16 heavy (non-hydrogen) atoms. The van der Waals surface area contributed by atoms with Crippen molar-refractivity contribution in [3.63, 3.8) is 0 Å². The van der Waals surface area contributed by atoms with Crippen LogP contribution in [0.25, 0.3) is 0 Å². The molecule has 0 aliphatic carbocycles. The van der Waals surface area contributed by atoms with Crippen molar-refractivity contribution >= 4 is 0 Å². The maximum atomic E-state index is 9.78. The number of rotatable bonds is 2. The molecule has 2 rings (SSSR count). The zero-order valence-corrected chi connectivity index (χ0v) is 10.1. The number of phenols is 1. The van der Waals surface area contributed by atoms with Crippen molar-refractivity contribution in [2.24, 2.45) is 0 Å². The highest BCUT2D eigenvalue weighted by molar-refractivity contribution is 5.35. The van der Waals surface area contributed by atoms with Crippen molar-refractivity contribution in [3.8, 4) is 5.75 Å². The van der Waals surface area contributed by atoms with Crippen molar-refractivity contribution in [3.05, 3.63) is 29.3 Å². The first-order valence-electron chi connectivity index (χ1n) is 5.84. The van der Waals surface area contributed by atoms with E-state index < -0.39 is 0 Å². The number of likely N-dealkylation sites (N-methyl/N-ethyl adjacent to an activating group) is 1. The second-order valence-corrected chi connectivity index (χ2v) is 4.71. The molecule has 1 heterocycles. The molecule has 0 amide bonds. The van der Waals surface area contributed by atoms with Gasteiger partial charge in [0.15, 0.2) is 0 Å². The summed E-state index contributed by atoms with van der Waals surface area (Å²) in [5.41, 5.74) is 2.26. The van der Waals surface area contributed by atoms with Crippen molar-refractivity contribution < 1.29 is 5.11 Å². The molecule has 1 aliphatic heterocycles. The van der Waals surface area contributed by atoms with Gasteiger partial charge in [-0.1, -0.05) is 17.7 Å². The first kappa shape index (κ1) is 11.4. The van der Waals surface area contributed by atoms with Crippen LogP contribution < -0.4 is 0 Å². The number of piperazine rings is 1. The van der Waals surface area contributed by atoms with Crippen molar-refractivity contribution in [2.75, 3.05) is 33.2 Å². The van der Waals surface area contributed by atoms with Crippen LogP contribution >= 0.6 is 0 Å². The quantitative estimate of drug-likeness (QED) is 0.817. The van der Waals surface area contributed by atoms with Crippen LogP contribution in [0, 0.1) is 6.92 Å². The Morgan fingerprint density at radius 3 is 2.56 bits per heavy atom. The van der Waals surface area contributed by atoms with Crippen LogP contribution in [-0.2, 0) is 6.54 Å². The molecule has 0 radical (unpaired) electrons. The molecule has 1 aromatic rings. The lowest BCUT2D eigenvalue weighted by Gasteiger charge is -2.32. The fourth-order valence-corrected chi connectivity index (χ4v) is 2.09. The number of aryl methyl sites for hydroxylation is 1. The highest BCUT2D eigenvalue weighted by Gasteiger charge is 2.15. The third kappa shape index (κ3) is 2.74. The zero-order valence-electron chi connectivity index (χ0n) is 10.1. The van der Waals surface area contributed by atoms with Gasteiger partial charge in [-0.05, 0) is 20.0 Å². The second-order valence-electron chi connectivity index (χ2n) is 4.71. The molecule has 0 bridgehead atoms. The largest absolute Gasteiger partial charge is 0.508 e. The molecule has 0 spiro atoms. The third-order valence-electron chi connectivity index (χ3n) is 3.22. The first-order chi connectivity index (χ1) is 7.65. The molecule has 1 fully saturated rings. The Kier molecular flexibility index (Phi) is 3.46. The summed E-state index contributed by atoms with van der Waals surface area (Å²) in [6.45, 7) is 7.33. The van der Waals surface area contributed by atoms with Crippen LogP contribution in [0.15, 0.2) is 18.2 Å². The first-order valence-corrected chi connectivity index (χ1v) is 5.84. The second kappa shape index (κ2) is 4.85. The number of phenolic OH excluding ortho intramolecular Hbond substituents is 1. The molecule has 1 aliphatic rings. The van der Waals surface area contributed by atoms with Crippen LogP contribution in [0.3, 0.4) is 0 Å². The summed E-state index contributed by atoms with van der Waals surface area (Å²) in [5.74, 6) is 0.421. The Bertz CT molecular complexity index is 357. The highest BCUT2D eigenvalue weighted by atomic mass is 16.3. The van der Waals surface area contributed by atoms with Crippen molar-refractivity contribution in [2.45, 2.75) is 13.5 Å². The maximum absolute atomic E-state index is 9.78. The minimum Gasteiger partial charge on any atom is -0.508 e. The third-order valence-corrected chi connectivity index (χ3v) is 3.22. The van der Waals surface area contributed by atoms with Gasteiger partial charge in [0.1, 0.15) is 5.75 Å². The van der Waals surface area contributed by atoms with Gasteiger partial charge in [-0.2, -0.15) is 0 Å². The Hall–Kier alpha value is -1.06. The van der Waals surface area contributed by atoms with E-state index in [0.29, 0.717) is 5.75 Å². The van der Waals surface area contributed by atoms with E-state index in [1.807, 2.05) is 6.07 Å². The summed E-state index contributed by atoms with van der Waals surface area (Å²) in [4.78, 5) is 4.74. The van der Waals surface area contributed by atoms with Crippen LogP contribution in [0.4, 0.5) is 0 Å². The molecular formula is C13H20N2O. The number of benzene rings is 1. The summed E-state index contributed by atoms with van der Waals surface area (Å²) in [7, 11) is 2.15. The lowest BCUT2D eigenvalue weighted by atomic mass is 10.1. The van der Waals surface area contributed by atoms with Crippen LogP contribution in [-0.4, -0.2) is 48.1 Å². The van der Waals surface area contributed by atoms with E-state index in [1.54, 1.807) is 6.07 Å². The fraction of sp³-hybridized carbons (Fsp3) is 0.538. The van der Waals surface area contributed by atoms with Crippen LogP contribution in [0.1, 0.15) is 11.1 Å². The number of aromatic hydroxyl groups is 1. The van der Waals surface area contributed by atoms with Gasteiger partial charge in [-0.3, -0.25) is 4.90 Å². The molecule has 1 N–H and O–H groups in total. The molecule has 0 saturated carbocycles. The minimum atomic E-state index is 0.421. The SMILES string of the molecule is Cc1ccc(O)c(CN2CCN(C)CC2)c1. The Balaban J connectivity index is 2.00. The van der Waals surface area contributed by atoms with Gasteiger partial charge >= 0.3 is 0 Å². The van der Waals surface area contributed by atoms with Gasteiger partial charge in [-0.15, -0.1) is 0 Å². The molecule has 3 nitrogen and oxygen atoms in total. The van der Waals surface area contributed by atoms with E-state index in [1.165, 1.54) is 5.56 Å². The summed E-state index contributed by atoms with van der Waals surface area (Å²) < 4.78 is 0.